The monoisotopic (exact) mass is 270 g/mol. The van der Waals surface area contributed by atoms with Crippen molar-refractivity contribution >= 4 is 17.7 Å². The maximum Gasteiger partial charge on any atom is 0.220 e. The molecule has 104 valence electrons. The lowest BCUT2D eigenvalue weighted by Crippen LogP contribution is -2.40. The predicted molar refractivity (Wildman–Crippen MR) is 77.6 cm³/mol. The van der Waals surface area contributed by atoms with Gasteiger partial charge in [0.25, 0.3) is 0 Å². The van der Waals surface area contributed by atoms with E-state index in [0.717, 1.165) is 30.9 Å². The fraction of sp³-hybridized carbons (Fsp3) is 0.929. The average molecular weight is 270 g/mol. The Bertz CT molecular complexity index is 285. The van der Waals surface area contributed by atoms with Crippen LogP contribution in [0.4, 0.5) is 0 Å². The van der Waals surface area contributed by atoms with Gasteiger partial charge in [-0.25, -0.2) is 0 Å². The van der Waals surface area contributed by atoms with Gasteiger partial charge in [0, 0.05) is 23.8 Å². The SMILES string of the molecule is CSC1CCCC(NC(=O)C[C@@H]2CCC[C@H]2N)C1. The van der Waals surface area contributed by atoms with E-state index in [1.807, 2.05) is 11.8 Å². The van der Waals surface area contributed by atoms with Crippen molar-refractivity contribution in [1.82, 2.24) is 5.32 Å². The van der Waals surface area contributed by atoms with Crippen LogP contribution in [0.15, 0.2) is 0 Å². The van der Waals surface area contributed by atoms with E-state index in [4.69, 9.17) is 5.73 Å². The quantitative estimate of drug-likeness (QED) is 0.824. The van der Waals surface area contributed by atoms with E-state index in [0.29, 0.717) is 18.4 Å². The molecule has 0 bridgehead atoms. The van der Waals surface area contributed by atoms with E-state index >= 15 is 0 Å². The Hall–Kier alpha value is -0.220. The fourth-order valence-corrected chi connectivity index (χ4v) is 4.16. The second kappa shape index (κ2) is 6.80. The molecule has 2 saturated carbocycles. The second-order valence-corrected chi connectivity index (χ2v) is 6.99. The van der Waals surface area contributed by atoms with E-state index in [-0.39, 0.29) is 11.9 Å². The van der Waals surface area contributed by atoms with E-state index in [1.165, 1.54) is 19.3 Å². The largest absolute Gasteiger partial charge is 0.353 e. The molecule has 2 aliphatic carbocycles. The molecule has 18 heavy (non-hydrogen) atoms. The molecule has 0 aromatic rings. The van der Waals surface area contributed by atoms with Crippen LogP contribution in [0.3, 0.4) is 0 Å². The highest BCUT2D eigenvalue weighted by Gasteiger charge is 2.28. The third-order valence-electron chi connectivity index (χ3n) is 4.49. The van der Waals surface area contributed by atoms with Crippen LogP contribution in [0, 0.1) is 5.92 Å². The molecule has 3 nitrogen and oxygen atoms in total. The molecule has 0 saturated heterocycles. The molecule has 0 radical (unpaired) electrons. The summed E-state index contributed by atoms with van der Waals surface area (Å²) in [6, 6.07) is 0.655. The number of carbonyl (C=O) groups excluding carboxylic acids is 1. The van der Waals surface area contributed by atoms with Gasteiger partial charge >= 0.3 is 0 Å². The van der Waals surface area contributed by atoms with Crippen LogP contribution < -0.4 is 11.1 Å². The number of hydrogen-bond donors (Lipinski definition) is 2. The van der Waals surface area contributed by atoms with Gasteiger partial charge in [-0.15, -0.1) is 0 Å². The Kier molecular flexibility index (Phi) is 5.37. The van der Waals surface area contributed by atoms with Crippen molar-refractivity contribution in [3.8, 4) is 0 Å². The molecule has 0 aromatic heterocycles. The van der Waals surface area contributed by atoms with E-state index in [9.17, 15) is 4.79 Å². The van der Waals surface area contributed by atoms with Gasteiger partial charge in [-0.3, -0.25) is 4.79 Å². The highest BCUT2D eigenvalue weighted by molar-refractivity contribution is 7.99. The molecule has 2 aliphatic rings. The Balaban J connectivity index is 1.73. The maximum atomic E-state index is 12.0. The number of carbonyl (C=O) groups is 1. The van der Waals surface area contributed by atoms with E-state index < -0.39 is 0 Å². The van der Waals surface area contributed by atoms with Gasteiger partial charge in [0.2, 0.25) is 5.91 Å². The zero-order valence-corrected chi connectivity index (χ0v) is 12.2. The molecule has 0 heterocycles. The third-order valence-corrected chi connectivity index (χ3v) is 5.58. The highest BCUT2D eigenvalue weighted by Crippen LogP contribution is 2.29. The van der Waals surface area contributed by atoms with Gasteiger partial charge in [-0.1, -0.05) is 12.8 Å². The number of thioether (sulfide) groups is 1. The molecule has 1 amide bonds. The first-order chi connectivity index (χ1) is 8.69. The fourth-order valence-electron chi connectivity index (χ4n) is 3.33. The van der Waals surface area contributed by atoms with Gasteiger partial charge in [0.05, 0.1) is 0 Å². The van der Waals surface area contributed by atoms with Crippen molar-refractivity contribution in [2.24, 2.45) is 11.7 Å². The lowest BCUT2D eigenvalue weighted by atomic mass is 9.94. The van der Waals surface area contributed by atoms with E-state index in [2.05, 4.69) is 11.6 Å². The minimum absolute atomic E-state index is 0.226. The lowest BCUT2D eigenvalue weighted by Gasteiger charge is -2.29. The van der Waals surface area contributed by atoms with Crippen molar-refractivity contribution in [3.05, 3.63) is 0 Å². The number of nitrogens with two attached hydrogens (primary N) is 1. The zero-order chi connectivity index (χ0) is 13.0. The summed E-state index contributed by atoms with van der Waals surface area (Å²) < 4.78 is 0. The average Bonchev–Trinajstić information content (AvgIpc) is 2.75. The smallest absolute Gasteiger partial charge is 0.220 e. The summed E-state index contributed by atoms with van der Waals surface area (Å²) >= 11 is 1.94. The summed E-state index contributed by atoms with van der Waals surface area (Å²) in [4.78, 5) is 12.0. The first-order valence-electron chi connectivity index (χ1n) is 7.26. The molecule has 4 heteroatoms. The highest BCUT2D eigenvalue weighted by atomic mass is 32.2. The summed E-state index contributed by atoms with van der Waals surface area (Å²) in [7, 11) is 0. The van der Waals surface area contributed by atoms with Crippen molar-refractivity contribution < 1.29 is 4.79 Å². The predicted octanol–water partition coefficient (Wildman–Crippen LogP) is 2.29. The van der Waals surface area contributed by atoms with Crippen LogP contribution >= 0.6 is 11.8 Å². The normalized spacial score (nSPS) is 36.6. The van der Waals surface area contributed by atoms with Crippen LogP contribution in [0.1, 0.15) is 51.4 Å². The number of hydrogen-bond acceptors (Lipinski definition) is 3. The van der Waals surface area contributed by atoms with Gasteiger partial charge in [0.1, 0.15) is 0 Å². The van der Waals surface area contributed by atoms with Crippen LogP contribution in [0.25, 0.3) is 0 Å². The van der Waals surface area contributed by atoms with Gasteiger partial charge in [-0.2, -0.15) is 11.8 Å². The van der Waals surface area contributed by atoms with E-state index in [1.54, 1.807) is 0 Å². The molecular weight excluding hydrogens is 244 g/mol. The number of nitrogens with one attached hydrogen (secondary N) is 1. The number of rotatable bonds is 4. The first kappa shape index (κ1) is 14.2. The number of amides is 1. The second-order valence-electron chi connectivity index (χ2n) is 5.85. The lowest BCUT2D eigenvalue weighted by molar-refractivity contribution is -0.123. The summed E-state index contributed by atoms with van der Waals surface area (Å²) in [5.41, 5.74) is 6.02. The first-order valence-corrected chi connectivity index (χ1v) is 8.55. The molecule has 4 atom stereocenters. The Morgan fingerprint density at radius 2 is 2.06 bits per heavy atom. The summed E-state index contributed by atoms with van der Waals surface area (Å²) in [5, 5.41) is 3.96. The Labute approximate surface area is 115 Å². The zero-order valence-electron chi connectivity index (χ0n) is 11.4. The topological polar surface area (TPSA) is 55.1 Å². The Morgan fingerprint density at radius 1 is 1.28 bits per heavy atom. The van der Waals surface area contributed by atoms with Crippen molar-refractivity contribution in [1.29, 1.82) is 0 Å². The molecule has 2 rings (SSSR count). The summed E-state index contributed by atoms with van der Waals surface area (Å²) in [5.74, 6) is 0.647. The molecule has 0 aliphatic heterocycles. The molecule has 2 fully saturated rings. The van der Waals surface area contributed by atoms with Crippen LogP contribution in [-0.2, 0) is 4.79 Å². The van der Waals surface area contributed by atoms with Gasteiger partial charge < -0.3 is 11.1 Å². The molecule has 3 N–H and O–H groups in total. The van der Waals surface area contributed by atoms with Gasteiger partial charge in [0.15, 0.2) is 0 Å². The summed E-state index contributed by atoms with van der Waals surface area (Å²) in [6.07, 6.45) is 11.1. The van der Waals surface area contributed by atoms with Gasteiger partial charge in [-0.05, 0) is 44.3 Å². The van der Waals surface area contributed by atoms with Crippen molar-refractivity contribution in [2.75, 3.05) is 6.26 Å². The summed E-state index contributed by atoms with van der Waals surface area (Å²) in [6.45, 7) is 0. The molecular formula is C14H26N2OS. The maximum absolute atomic E-state index is 12.0. The molecule has 0 aromatic carbocycles. The van der Waals surface area contributed by atoms with Crippen molar-refractivity contribution in [2.45, 2.75) is 68.7 Å². The Morgan fingerprint density at radius 3 is 2.72 bits per heavy atom. The van der Waals surface area contributed by atoms with Crippen molar-refractivity contribution in [3.63, 3.8) is 0 Å². The van der Waals surface area contributed by atoms with Crippen LogP contribution in [0.5, 0.6) is 0 Å². The minimum atomic E-state index is 0.226. The standard InChI is InChI=1S/C14H26N2OS/c1-18-12-6-3-5-11(9-12)16-14(17)8-10-4-2-7-13(10)15/h10-13H,2-9,15H2,1H3,(H,16,17)/t10-,11?,12?,13+/m0/s1. The molecule has 0 spiro atoms. The molecule has 2 unspecified atom stereocenters. The van der Waals surface area contributed by atoms with Crippen LogP contribution in [-0.4, -0.2) is 29.5 Å². The third kappa shape index (κ3) is 3.89. The minimum Gasteiger partial charge on any atom is -0.353 e. The van der Waals surface area contributed by atoms with Crippen LogP contribution in [0.2, 0.25) is 0 Å².